The monoisotopic (exact) mass is 237 g/mol. The molecule has 0 aliphatic heterocycles. The van der Waals surface area contributed by atoms with Crippen molar-refractivity contribution in [3.63, 3.8) is 0 Å². The van der Waals surface area contributed by atoms with Gasteiger partial charge in [0.25, 0.3) is 0 Å². The minimum atomic E-state index is -3.19. The molecule has 0 spiro atoms. The second-order valence-corrected chi connectivity index (χ2v) is 4.15. The number of hydrogen-bond acceptors (Lipinski definition) is 2. The van der Waals surface area contributed by atoms with Crippen molar-refractivity contribution in [2.75, 3.05) is 0 Å². The highest BCUT2D eigenvalue weighted by Gasteiger charge is 2.22. The van der Waals surface area contributed by atoms with Crippen LogP contribution in [0.5, 0.6) is 0 Å². The first-order chi connectivity index (χ1) is 10.8. The van der Waals surface area contributed by atoms with Crippen LogP contribution in [0.4, 0.5) is 0 Å². The predicted octanol–water partition coefficient (Wildman–Crippen LogP) is 3.30. The molecule has 3 heteroatoms. The molecule has 2 aromatic heterocycles. The molecule has 0 unspecified atom stereocenters. The lowest BCUT2D eigenvalue weighted by Gasteiger charge is -2.07. The molecule has 2 rings (SSSR count). The Balaban J connectivity index is 2.94. The fraction of sp³-hybridized carbons (Fsp3) is 0.429. The number of nitrogens with zero attached hydrogens (tertiary/aromatic N) is 2. The van der Waals surface area contributed by atoms with E-state index in [-0.39, 0.29) is 11.1 Å². The lowest BCUT2D eigenvalue weighted by atomic mass is 9.95. The number of rotatable bonds is 3. The van der Waals surface area contributed by atoms with Gasteiger partial charge in [0.05, 0.1) is 16.8 Å². The van der Waals surface area contributed by atoms with Gasteiger partial charge in [0.1, 0.15) is 0 Å². The first-order valence-corrected chi connectivity index (χ1v) is 5.34. The summed E-state index contributed by atoms with van der Waals surface area (Å²) in [6.07, 6.45) is 1.48. The summed E-state index contributed by atoms with van der Waals surface area (Å²) in [7, 11) is 0. The van der Waals surface area contributed by atoms with E-state index in [1.54, 1.807) is 32.0 Å². The highest BCUT2D eigenvalue weighted by atomic mass is 16.1. The molecule has 90 valence electrons. The number of fused-ring (bicyclic) bond motifs is 1. The Morgan fingerprint density at radius 3 is 2.88 bits per heavy atom. The Morgan fingerprint density at radius 1 is 1.47 bits per heavy atom. The largest absolute Gasteiger partial charge is 0.294 e. The van der Waals surface area contributed by atoms with Crippen molar-refractivity contribution in [1.82, 2.24) is 9.61 Å². The van der Waals surface area contributed by atoms with E-state index in [2.05, 4.69) is 5.10 Å². The standard InChI is InChI=1S/C14H18N2O/c1-9(2)13-12(14(17)10(3)4)11-7-5-6-8-16(11)15-13/h5-10H,1-4H3/i1D3,2D3,9D. The first kappa shape index (κ1) is 5.80. The summed E-state index contributed by atoms with van der Waals surface area (Å²) in [4.78, 5) is 12.6. The third kappa shape index (κ3) is 1.97. The van der Waals surface area contributed by atoms with E-state index in [4.69, 9.17) is 9.60 Å². The van der Waals surface area contributed by atoms with Crippen LogP contribution >= 0.6 is 0 Å². The van der Waals surface area contributed by atoms with E-state index >= 15 is 0 Å². The van der Waals surface area contributed by atoms with Gasteiger partial charge < -0.3 is 0 Å². The lowest BCUT2D eigenvalue weighted by molar-refractivity contribution is 0.0939. The van der Waals surface area contributed by atoms with Crippen LogP contribution in [0.1, 0.15) is 59.1 Å². The molecule has 0 saturated carbocycles. The van der Waals surface area contributed by atoms with Crippen LogP contribution < -0.4 is 0 Å². The van der Waals surface area contributed by atoms with E-state index in [1.165, 1.54) is 10.7 Å². The Labute approximate surface area is 111 Å². The summed E-state index contributed by atoms with van der Waals surface area (Å²) in [6.45, 7) is -3.14. The summed E-state index contributed by atoms with van der Waals surface area (Å²) >= 11 is 0. The first-order valence-electron chi connectivity index (χ1n) is 8.84. The Morgan fingerprint density at radius 2 is 2.24 bits per heavy atom. The summed E-state index contributed by atoms with van der Waals surface area (Å²) < 4.78 is 55.3. The number of hydrogen-bond donors (Lipinski definition) is 0. The van der Waals surface area contributed by atoms with Gasteiger partial charge >= 0.3 is 0 Å². The maximum atomic E-state index is 12.6. The molecule has 0 saturated heterocycles. The van der Waals surface area contributed by atoms with Crippen LogP contribution in [0.2, 0.25) is 0 Å². The summed E-state index contributed by atoms with van der Waals surface area (Å²) in [5.41, 5.74) is -0.364. The van der Waals surface area contributed by atoms with Gasteiger partial charge in [-0.1, -0.05) is 33.6 Å². The lowest BCUT2D eigenvalue weighted by Crippen LogP contribution is -2.10. The molecule has 3 nitrogen and oxygen atoms in total. The molecule has 0 fully saturated rings. The quantitative estimate of drug-likeness (QED) is 0.768. The topological polar surface area (TPSA) is 34.4 Å². The zero-order valence-electron chi connectivity index (χ0n) is 16.7. The van der Waals surface area contributed by atoms with Gasteiger partial charge in [-0.15, -0.1) is 0 Å². The fourth-order valence-electron chi connectivity index (χ4n) is 1.71. The van der Waals surface area contributed by atoms with Crippen LogP contribution in [-0.2, 0) is 0 Å². The number of aromatic nitrogens is 2. The highest BCUT2D eigenvalue weighted by molar-refractivity contribution is 6.04. The minimum absolute atomic E-state index is 0.118. The van der Waals surface area contributed by atoms with Crippen LogP contribution in [0.15, 0.2) is 24.4 Å². The van der Waals surface area contributed by atoms with Crippen molar-refractivity contribution in [2.24, 2.45) is 5.92 Å². The van der Waals surface area contributed by atoms with Gasteiger partial charge in [0, 0.05) is 21.7 Å². The van der Waals surface area contributed by atoms with Crippen molar-refractivity contribution < 1.29 is 14.4 Å². The third-order valence-electron chi connectivity index (χ3n) is 2.55. The smallest absolute Gasteiger partial charge is 0.169 e. The molecule has 17 heavy (non-hydrogen) atoms. The zero-order chi connectivity index (χ0) is 18.5. The molecule has 0 amide bonds. The van der Waals surface area contributed by atoms with Gasteiger partial charge in [-0.25, -0.2) is 4.52 Å². The van der Waals surface area contributed by atoms with Crippen molar-refractivity contribution in [3.8, 4) is 0 Å². The Bertz CT molecular complexity index is 760. The Hall–Kier alpha value is -1.64. The molecular formula is C14H18N2O. The summed E-state index contributed by atoms with van der Waals surface area (Å²) in [6, 6.07) is 4.80. The third-order valence-corrected chi connectivity index (χ3v) is 2.55. The van der Waals surface area contributed by atoms with Crippen molar-refractivity contribution in [1.29, 1.82) is 0 Å². The average molecular weight is 237 g/mol. The van der Waals surface area contributed by atoms with Gasteiger partial charge in [0.2, 0.25) is 0 Å². The van der Waals surface area contributed by atoms with Gasteiger partial charge in [-0.3, -0.25) is 4.79 Å². The number of carbonyl (C=O) groups is 1. The van der Waals surface area contributed by atoms with Crippen molar-refractivity contribution in [3.05, 3.63) is 35.7 Å². The SMILES string of the molecule is [2H]C([2H])([2H])C([2H])(c1nn2ccccc2c1C(=O)C(C)C)C([2H])([2H])[2H]. The molecule has 0 atom stereocenters. The van der Waals surface area contributed by atoms with Crippen LogP contribution in [0.3, 0.4) is 0 Å². The Kier molecular flexibility index (Phi) is 1.47. The van der Waals surface area contributed by atoms with Gasteiger partial charge in [-0.05, 0) is 18.0 Å². The van der Waals surface area contributed by atoms with E-state index in [9.17, 15) is 4.79 Å². The van der Waals surface area contributed by atoms with Gasteiger partial charge in [-0.2, -0.15) is 5.10 Å². The minimum Gasteiger partial charge on any atom is -0.294 e. The second-order valence-electron chi connectivity index (χ2n) is 4.15. The maximum absolute atomic E-state index is 12.6. The number of ketones is 1. The molecule has 0 aliphatic carbocycles. The summed E-state index contributed by atoms with van der Waals surface area (Å²) in [5, 5.41) is 4.01. The van der Waals surface area contributed by atoms with Gasteiger partial charge in [0.15, 0.2) is 5.78 Å². The molecule has 2 heterocycles. The number of Topliss-reactive ketones (excluding diaryl/α,β-unsaturated/α-hetero) is 1. The summed E-state index contributed by atoms with van der Waals surface area (Å²) in [5.74, 6) is -3.96. The average Bonchev–Trinajstić information content (AvgIpc) is 2.82. The molecule has 0 aliphatic rings. The number of carbonyl (C=O) groups excluding carboxylic acids is 1. The zero-order valence-corrected chi connectivity index (χ0v) is 9.69. The molecular weight excluding hydrogens is 212 g/mol. The van der Waals surface area contributed by atoms with Crippen molar-refractivity contribution >= 4 is 11.3 Å². The van der Waals surface area contributed by atoms with E-state index in [1.807, 2.05) is 0 Å². The second kappa shape index (κ2) is 4.32. The van der Waals surface area contributed by atoms with E-state index < -0.39 is 37.0 Å². The van der Waals surface area contributed by atoms with Crippen LogP contribution in [-0.4, -0.2) is 15.4 Å². The molecule has 0 radical (unpaired) electrons. The fourth-order valence-corrected chi connectivity index (χ4v) is 1.71. The van der Waals surface area contributed by atoms with Crippen LogP contribution in [0.25, 0.3) is 5.52 Å². The maximum Gasteiger partial charge on any atom is 0.169 e. The normalized spacial score (nSPS) is 19.8. The predicted molar refractivity (Wildman–Crippen MR) is 68.4 cm³/mol. The van der Waals surface area contributed by atoms with E-state index in [0.29, 0.717) is 0 Å². The highest BCUT2D eigenvalue weighted by Crippen LogP contribution is 2.25. The molecule has 0 aromatic carbocycles. The number of pyridine rings is 1. The molecule has 0 N–H and O–H groups in total. The molecule has 2 aromatic rings. The molecule has 0 bridgehead atoms. The van der Waals surface area contributed by atoms with E-state index in [0.717, 1.165) is 0 Å². The van der Waals surface area contributed by atoms with Crippen molar-refractivity contribution in [2.45, 2.75) is 33.4 Å². The van der Waals surface area contributed by atoms with Crippen LogP contribution in [0, 0.1) is 5.92 Å².